The lowest BCUT2D eigenvalue weighted by Crippen LogP contribution is -1.96. The molecule has 27 heavy (non-hydrogen) atoms. The van der Waals surface area contributed by atoms with Gasteiger partial charge in [-0.15, -0.1) is 0 Å². The van der Waals surface area contributed by atoms with E-state index in [0.29, 0.717) is 6.61 Å². The summed E-state index contributed by atoms with van der Waals surface area (Å²) in [5.41, 5.74) is 0.851. The number of benzene rings is 1. The van der Waals surface area contributed by atoms with Crippen molar-refractivity contribution in [3.05, 3.63) is 35.9 Å². The Hall–Kier alpha value is -0.630. The predicted molar refractivity (Wildman–Crippen MR) is 116 cm³/mol. The van der Waals surface area contributed by atoms with Gasteiger partial charge in [0.2, 0.25) is 0 Å². The maximum Gasteiger partial charge on any atom is 0.332 e. The van der Waals surface area contributed by atoms with E-state index in [1.165, 1.54) is 77.0 Å². The first-order chi connectivity index (χ1) is 13.1. The summed E-state index contributed by atoms with van der Waals surface area (Å²) in [4.78, 5) is 9.91. The normalized spacial score (nSPS) is 13.6. The highest BCUT2D eigenvalue weighted by atomic mass is 31.2. The molecule has 1 unspecified atom stereocenters. The molecule has 0 saturated heterocycles. The van der Waals surface area contributed by atoms with E-state index in [0.717, 1.165) is 18.4 Å². The molecule has 0 aromatic heterocycles. The summed E-state index contributed by atoms with van der Waals surface area (Å²) in [5, 5.41) is 0. The molecule has 0 aliphatic rings. The van der Waals surface area contributed by atoms with Gasteiger partial charge in [0.25, 0.3) is 0 Å². The second-order valence-electron chi connectivity index (χ2n) is 7.71. The van der Waals surface area contributed by atoms with E-state index in [9.17, 15) is 9.46 Å². The van der Waals surface area contributed by atoms with Crippen molar-refractivity contribution >= 4 is 7.60 Å². The molecular formula is C23H41O3P. The summed E-state index contributed by atoms with van der Waals surface area (Å²) in [5.74, 6) is 0. The fourth-order valence-electron chi connectivity index (χ4n) is 3.36. The highest BCUT2D eigenvalue weighted by molar-refractivity contribution is 7.51. The third kappa shape index (κ3) is 15.0. The van der Waals surface area contributed by atoms with Gasteiger partial charge in [-0.2, -0.15) is 0 Å². The maximum absolute atomic E-state index is 12.1. The van der Waals surface area contributed by atoms with Crippen LogP contribution in [-0.2, 0) is 15.3 Å². The van der Waals surface area contributed by atoms with Crippen LogP contribution < -0.4 is 0 Å². The van der Waals surface area contributed by atoms with Crippen LogP contribution in [0.15, 0.2) is 30.3 Å². The minimum Gasteiger partial charge on any atom is -0.324 e. The highest BCUT2D eigenvalue weighted by Gasteiger charge is 2.19. The van der Waals surface area contributed by atoms with Crippen LogP contribution in [0, 0.1) is 0 Å². The molecule has 0 radical (unpaired) electrons. The van der Waals surface area contributed by atoms with E-state index >= 15 is 0 Å². The zero-order valence-corrected chi connectivity index (χ0v) is 18.3. The van der Waals surface area contributed by atoms with Crippen molar-refractivity contribution in [2.24, 2.45) is 0 Å². The molecule has 0 aliphatic heterocycles. The minimum absolute atomic E-state index is 0.104. The van der Waals surface area contributed by atoms with Crippen molar-refractivity contribution in [2.75, 3.05) is 6.61 Å². The maximum atomic E-state index is 12.1. The van der Waals surface area contributed by atoms with E-state index < -0.39 is 7.60 Å². The zero-order chi connectivity index (χ0) is 19.6. The SMILES string of the molecule is CCCCCCCCCCCCCCCCOP(=O)(O)Cc1ccccc1. The smallest absolute Gasteiger partial charge is 0.324 e. The van der Waals surface area contributed by atoms with Crippen molar-refractivity contribution in [2.45, 2.75) is 103 Å². The molecule has 1 rings (SSSR count). The second-order valence-corrected chi connectivity index (χ2v) is 9.56. The Kier molecular flexibility index (Phi) is 14.8. The molecule has 0 spiro atoms. The van der Waals surface area contributed by atoms with Gasteiger partial charge in [-0.25, -0.2) is 0 Å². The van der Waals surface area contributed by atoms with Crippen LogP contribution in [0.2, 0.25) is 0 Å². The van der Waals surface area contributed by atoms with E-state index in [-0.39, 0.29) is 6.16 Å². The van der Waals surface area contributed by atoms with Gasteiger partial charge in [-0.3, -0.25) is 4.57 Å². The Balaban J connectivity index is 1.85. The second kappa shape index (κ2) is 16.3. The Bertz CT molecular complexity index is 490. The lowest BCUT2D eigenvalue weighted by Gasteiger charge is -2.12. The van der Waals surface area contributed by atoms with Gasteiger partial charge in [0.15, 0.2) is 0 Å². The monoisotopic (exact) mass is 396 g/mol. The highest BCUT2D eigenvalue weighted by Crippen LogP contribution is 2.45. The van der Waals surface area contributed by atoms with Gasteiger partial charge >= 0.3 is 7.60 Å². The third-order valence-corrected chi connectivity index (χ3v) is 6.37. The number of rotatable bonds is 18. The van der Waals surface area contributed by atoms with Crippen molar-refractivity contribution in [1.29, 1.82) is 0 Å². The van der Waals surface area contributed by atoms with Crippen LogP contribution in [0.3, 0.4) is 0 Å². The van der Waals surface area contributed by atoms with Gasteiger partial charge in [0.05, 0.1) is 12.8 Å². The van der Waals surface area contributed by atoms with Crippen LogP contribution in [0.5, 0.6) is 0 Å². The molecule has 4 heteroatoms. The van der Waals surface area contributed by atoms with Gasteiger partial charge in [-0.1, -0.05) is 121 Å². The zero-order valence-electron chi connectivity index (χ0n) is 17.4. The van der Waals surface area contributed by atoms with E-state index in [4.69, 9.17) is 4.52 Å². The Morgan fingerprint density at radius 2 is 1.19 bits per heavy atom. The molecular weight excluding hydrogens is 355 g/mol. The standard InChI is InChI=1S/C23H41O3P/c1-2-3-4-5-6-7-8-9-10-11-12-13-14-18-21-26-27(24,25)22-23-19-16-15-17-20-23/h15-17,19-20H,2-14,18,21-22H2,1H3,(H,24,25). The molecule has 0 heterocycles. The molecule has 3 nitrogen and oxygen atoms in total. The van der Waals surface area contributed by atoms with Gasteiger partial charge in [-0.05, 0) is 12.0 Å². The average molecular weight is 397 g/mol. The van der Waals surface area contributed by atoms with Crippen molar-refractivity contribution in [3.8, 4) is 0 Å². The van der Waals surface area contributed by atoms with E-state index in [2.05, 4.69) is 6.92 Å². The molecule has 1 N–H and O–H groups in total. The summed E-state index contributed by atoms with van der Waals surface area (Å²) in [6, 6.07) is 9.38. The Morgan fingerprint density at radius 1 is 0.741 bits per heavy atom. The van der Waals surface area contributed by atoms with Gasteiger partial charge < -0.3 is 9.42 Å². The van der Waals surface area contributed by atoms with Crippen molar-refractivity contribution in [1.82, 2.24) is 0 Å². The molecule has 0 fully saturated rings. The number of unbranched alkanes of at least 4 members (excludes halogenated alkanes) is 13. The topological polar surface area (TPSA) is 46.5 Å². The third-order valence-electron chi connectivity index (χ3n) is 5.02. The lowest BCUT2D eigenvalue weighted by molar-refractivity contribution is 0.251. The fourth-order valence-corrected chi connectivity index (χ4v) is 4.54. The van der Waals surface area contributed by atoms with Crippen molar-refractivity contribution in [3.63, 3.8) is 0 Å². The summed E-state index contributed by atoms with van der Waals surface area (Å²) < 4.78 is 17.3. The lowest BCUT2D eigenvalue weighted by atomic mass is 10.0. The van der Waals surface area contributed by atoms with Crippen molar-refractivity contribution < 1.29 is 14.0 Å². The van der Waals surface area contributed by atoms with E-state index in [1.54, 1.807) is 0 Å². The summed E-state index contributed by atoms with van der Waals surface area (Å²) in [7, 11) is -3.50. The first-order valence-electron chi connectivity index (χ1n) is 11.1. The molecule has 156 valence electrons. The Morgan fingerprint density at radius 3 is 1.67 bits per heavy atom. The van der Waals surface area contributed by atoms with Crippen LogP contribution in [-0.4, -0.2) is 11.5 Å². The van der Waals surface area contributed by atoms with Crippen LogP contribution >= 0.6 is 7.60 Å². The Labute approximate surface area is 167 Å². The predicted octanol–water partition coefficient (Wildman–Crippen LogP) is 7.87. The molecule has 1 aromatic carbocycles. The molecule has 1 atom stereocenters. The van der Waals surface area contributed by atoms with E-state index in [1.807, 2.05) is 30.3 Å². The molecule has 1 aromatic rings. The minimum atomic E-state index is -3.50. The summed E-state index contributed by atoms with van der Waals surface area (Å²) in [6.45, 7) is 2.66. The molecule has 0 aliphatic carbocycles. The van der Waals surface area contributed by atoms with Crippen LogP contribution in [0.25, 0.3) is 0 Å². The fraction of sp³-hybridized carbons (Fsp3) is 0.739. The first kappa shape index (κ1) is 24.4. The molecule has 0 bridgehead atoms. The number of hydrogen-bond acceptors (Lipinski definition) is 2. The number of hydrogen-bond donors (Lipinski definition) is 1. The first-order valence-corrected chi connectivity index (χ1v) is 12.9. The summed E-state index contributed by atoms with van der Waals surface area (Å²) >= 11 is 0. The quantitative estimate of drug-likeness (QED) is 0.203. The largest absolute Gasteiger partial charge is 0.332 e. The van der Waals surface area contributed by atoms with Gasteiger partial charge in [0.1, 0.15) is 0 Å². The molecule has 0 amide bonds. The summed E-state index contributed by atoms with van der Waals surface area (Å²) in [6.07, 6.45) is 18.4. The van der Waals surface area contributed by atoms with Crippen LogP contribution in [0.4, 0.5) is 0 Å². The average Bonchev–Trinajstić information content (AvgIpc) is 2.65. The van der Waals surface area contributed by atoms with Gasteiger partial charge in [0, 0.05) is 0 Å². The van der Waals surface area contributed by atoms with Crippen LogP contribution in [0.1, 0.15) is 102 Å². The molecule has 0 saturated carbocycles.